The quantitative estimate of drug-likeness (QED) is 0.497. The molecule has 27 heavy (non-hydrogen) atoms. The van der Waals surface area contributed by atoms with E-state index in [4.69, 9.17) is 15.9 Å². The van der Waals surface area contributed by atoms with Crippen molar-refractivity contribution >= 4 is 23.6 Å². The molecule has 0 aliphatic carbocycles. The highest BCUT2D eigenvalue weighted by atomic mass is 19.1. The molecule has 2 aromatic rings. The fourth-order valence-corrected chi connectivity index (χ4v) is 2.43. The fourth-order valence-electron chi connectivity index (χ4n) is 2.43. The number of rotatable bonds is 7. The van der Waals surface area contributed by atoms with Gasteiger partial charge in [-0.3, -0.25) is 9.59 Å². The Morgan fingerprint density at radius 2 is 1.78 bits per heavy atom. The van der Waals surface area contributed by atoms with Crippen LogP contribution >= 0.6 is 0 Å². The van der Waals surface area contributed by atoms with Crippen LogP contribution in [0.4, 0.5) is 14.9 Å². The van der Waals surface area contributed by atoms with Gasteiger partial charge in [-0.05, 0) is 29.3 Å². The van der Waals surface area contributed by atoms with Crippen LogP contribution in [0.3, 0.4) is 0 Å². The molecule has 0 radical (unpaired) electrons. The van der Waals surface area contributed by atoms with Crippen LogP contribution < -0.4 is 16.4 Å². The van der Waals surface area contributed by atoms with Crippen LogP contribution in [0.1, 0.15) is 27.4 Å². The molecular weight excluding hydrogens is 357 g/mol. The van der Waals surface area contributed by atoms with E-state index in [-0.39, 0.29) is 24.4 Å². The summed E-state index contributed by atoms with van der Waals surface area (Å²) in [5.74, 6) is -3.29. The smallest absolute Gasteiger partial charge is 0.404 e. The molecule has 2 aromatic carbocycles. The lowest BCUT2D eigenvalue weighted by Crippen LogP contribution is -2.33. The number of carbonyl (C=O) groups excluding carboxylic acids is 2. The summed E-state index contributed by atoms with van der Waals surface area (Å²) in [5, 5.41) is 22.5. The van der Waals surface area contributed by atoms with Crippen molar-refractivity contribution in [2.45, 2.75) is 12.5 Å². The van der Waals surface area contributed by atoms with Crippen LogP contribution in [-0.4, -0.2) is 34.7 Å². The van der Waals surface area contributed by atoms with E-state index in [1.807, 2.05) is 0 Å². The average molecular weight is 375 g/mol. The number of hydrogen-bond donors (Lipinski definition) is 5. The van der Waals surface area contributed by atoms with Gasteiger partial charge in [-0.15, -0.1) is 0 Å². The second-order valence-corrected chi connectivity index (χ2v) is 5.69. The molecule has 0 saturated carbocycles. The Morgan fingerprint density at radius 1 is 1.11 bits per heavy atom. The van der Waals surface area contributed by atoms with Crippen LogP contribution in [0.5, 0.6) is 0 Å². The lowest BCUT2D eigenvalue weighted by molar-refractivity contribution is -0.117. The minimum Gasteiger partial charge on any atom is -0.465 e. The van der Waals surface area contributed by atoms with Gasteiger partial charge in [0.05, 0.1) is 18.1 Å². The summed E-state index contributed by atoms with van der Waals surface area (Å²) in [6, 6.07) is 9.82. The van der Waals surface area contributed by atoms with E-state index >= 15 is 0 Å². The van der Waals surface area contributed by atoms with Gasteiger partial charge in [-0.1, -0.05) is 24.3 Å². The maximum atomic E-state index is 13.8. The number of nitrogens with one attached hydrogen (secondary N) is 2. The maximum absolute atomic E-state index is 13.8. The number of carboxylic acid groups (broad SMARTS) is 1. The van der Waals surface area contributed by atoms with Crippen LogP contribution in [-0.2, 0) is 11.4 Å². The van der Waals surface area contributed by atoms with Crippen molar-refractivity contribution in [3.63, 3.8) is 0 Å². The molecule has 6 N–H and O–H groups in total. The van der Waals surface area contributed by atoms with Gasteiger partial charge in [0.15, 0.2) is 0 Å². The average Bonchev–Trinajstić information content (AvgIpc) is 2.62. The Bertz CT molecular complexity index is 855. The van der Waals surface area contributed by atoms with Crippen LogP contribution in [0.15, 0.2) is 42.5 Å². The summed E-state index contributed by atoms with van der Waals surface area (Å²) in [7, 11) is 0. The van der Waals surface area contributed by atoms with Crippen molar-refractivity contribution in [1.29, 1.82) is 0 Å². The van der Waals surface area contributed by atoms with E-state index in [2.05, 4.69) is 10.6 Å². The number of hydrogen-bond acceptors (Lipinski definition) is 4. The normalized spacial score (nSPS) is 11.5. The molecular formula is C18H18FN3O5. The number of primary amides is 1. The number of amides is 3. The Balaban J connectivity index is 2.23. The zero-order valence-electron chi connectivity index (χ0n) is 14.1. The molecule has 0 aliphatic heterocycles. The van der Waals surface area contributed by atoms with Gasteiger partial charge in [-0.2, -0.15) is 0 Å². The Morgan fingerprint density at radius 3 is 2.30 bits per heavy atom. The van der Waals surface area contributed by atoms with Gasteiger partial charge < -0.3 is 26.6 Å². The molecule has 0 saturated heterocycles. The second kappa shape index (κ2) is 8.77. The standard InChI is InChI=1S/C18H18FN3O5/c19-15-7-12(5-6-13(15)16(20)24)22-17(25)14(8-21-18(26)27)11-3-1-10(9-23)2-4-11/h1-7,14,21,23H,8-9H2,(H2,20,24)(H,22,25)(H,26,27). The Labute approximate surface area is 153 Å². The van der Waals surface area contributed by atoms with Gasteiger partial charge in [0.25, 0.3) is 5.91 Å². The third kappa shape index (κ3) is 5.25. The van der Waals surface area contributed by atoms with Crippen LogP contribution in [0, 0.1) is 5.82 Å². The zero-order chi connectivity index (χ0) is 20.0. The van der Waals surface area contributed by atoms with Crippen molar-refractivity contribution in [2.75, 3.05) is 11.9 Å². The zero-order valence-corrected chi connectivity index (χ0v) is 14.1. The first-order valence-electron chi connectivity index (χ1n) is 7.88. The van der Waals surface area contributed by atoms with Gasteiger partial charge in [0.1, 0.15) is 5.82 Å². The van der Waals surface area contributed by atoms with Gasteiger partial charge in [0.2, 0.25) is 5.91 Å². The number of carbonyl (C=O) groups is 3. The third-order valence-corrected chi connectivity index (χ3v) is 3.84. The number of halogens is 1. The van der Waals surface area contributed by atoms with Gasteiger partial charge >= 0.3 is 6.09 Å². The molecule has 0 aliphatic rings. The number of nitrogens with two attached hydrogens (primary N) is 1. The van der Waals surface area contributed by atoms with E-state index < -0.39 is 29.6 Å². The molecule has 2 rings (SSSR count). The monoisotopic (exact) mass is 375 g/mol. The first-order chi connectivity index (χ1) is 12.8. The minimum atomic E-state index is -1.29. The number of aliphatic hydroxyl groups excluding tert-OH is 1. The molecule has 1 unspecified atom stereocenters. The van der Waals surface area contributed by atoms with Crippen molar-refractivity contribution in [1.82, 2.24) is 5.32 Å². The summed E-state index contributed by atoms with van der Waals surface area (Å²) in [6.45, 7) is -0.377. The van der Waals surface area contributed by atoms with E-state index in [0.717, 1.165) is 12.1 Å². The molecule has 0 fully saturated rings. The topological polar surface area (TPSA) is 142 Å². The fraction of sp³-hybridized carbons (Fsp3) is 0.167. The second-order valence-electron chi connectivity index (χ2n) is 5.69. The highest BCUT2D eigenvalue weighted by Gasteiger charge is 2.22. The minimum absolute atomic E-state index is 0.0924. The number of benzene rings is 2. The third-order valence-electron chi connectivity index (χ3n) is 3.84. The SMILES string of the molecule is NC(=O)c1ccc(NC(=O)C(CNC(=O)O)c2ccc(CO)cc2)cc1F. The van der Waals surface area contributed by atoms with Crippen molar-refractivity contribution < 1.29 is 29.0 Å². The molecule has 3 amide bonds. The molecule has 8 nitrogen and oxygen atoms in total. The van der Waals surface area contributed by atoms with E-state index in [1.165, 1.54) is 6.07 Å². The van der Waals surface area contributed by atoms with Crippen LogP contribution in [0.25, 0.3) is 0 Å². The van der Waals surface area contributed by atoms with Crippen molar-refractivity contribution in [3.8, 4) is 0 Å². The van der Waals surface area contributed by atoms with E-state index in [9.17, 15) is 18.8 Å². The van der Waals surface area contributed by atoms with Gasteiger partial charge in [-0.25, -0.2) is 9.18 Å². The van der Waals surface area contributed by atoms with E-state index in [0.29, 0.717) is 11.1 Å². The summed E-state index contributed by atoms with van der Waals surface area (Å²) >= 11 is 0. The molecule has 9 heteroatoms. The van der Waals surface area contributed by atoms with E-state index in [1.54, 1.807) is 24.3 Å². The molecule has 0 spiro atoms. The summed E-state index contributed by atoms with van der Waals surface area (Å²) in [6.07, 6.45) is -1.29. The number of anilines is 1. The van der Waals surface area contributed by atoms with Crippen LogP contribution in [0.2, 0.25) is 0 Å². The highest BCUT2D eigenvalue weighted by Crippen LogP contribution is 2.20. The highest BCUT2D eigenvalue weighted by molar-refractivity contribution is 5.97. The molecule has 1 atom stereocenters. The summed E-state index contributed by atoms with van der Waals surface area (Å²) in [5.41, 5.74) is 5.96. The maximum Gasteiger partial charge on any atom is 0.404 e. The lowest BCUT2D eigenvalue weighted by Gasteiger charge is -2.18. The van der Waals surface area contributed by atoms with Gasteiger partial charge in [0, 0.05) is 12.2 Å². The molecule has 0 bridgehead atoms. The Hall–Kier alpha value is -3.46. The first kappa shape index (κ1) is 19.9. The Kier molecular flexibility index (Phi) is 6.45. The van der Waals surface area contributed by atoms with Crippen molar-refractivity contribution in [2.24, 2.45) is 5.73 Å². The molecule has 142 valence electrons. The first-order valence-corrected chi connectivity index (χ1v) is 7.88. The summed E-state index contributed by atoms with van der Waals surface area (Å²) < 4.78 is 13.8. The summed E-state index contributed by atoms with van der Waals surface area (Å²) in [4.78, 5) is 34.5. The predicted octanol–water partition coefficient (Wildman–Crippen LogP) is 1.41. The largest absolute Gasteiger partial charge is 0.465 e. The predicted molar refractivity (Wildman–Crippen MR) is 94.7 cm³/mol. The molecule has 0 heterocycles. The van der Waals surface area contributed by atoms with Crippen molar-refractivity contribution in [3.05, 3.63) is 65.0 Å². The lowest BCUT2D eigenvalue weighted by atomic mass is 9.96. The number of aliphatic hydroxyl groups is 1. The molecule has 0 aromatic heterocycles.